The number of aliphatic hydroxyl groups is 2. The number of nitrogen functional groups attached to an aromatic ring is 1. The van der Waals surface area contributed by atoms with Gasteiger partial charge in [0.15, 0.2) is 17.4 Å². The van der Waals surface area contributed by atoms with E-state index in [9.17, 15) is 24.5 Å². The Balaban J connectivity index is 1.55. The van der Waals surface area contributed by atoms with E-state index in [0.29, 0.717) is 0 Å². The van der Waals surface area contributed by atoms with Crippen molar-refractivity contribution in [3.63, 3.8) is 0 Å². The van der Waals surface area contributed by atoms with Crippen LogP contribution in [0.3, 0.4) is 0 Å². The van der Waals surface area contributed by atoms with E-state index in [4.69, 9.17) is 15.0 Å². The first-order valence-corrected chi connectivity index (χ1v) is 9.46. The summed E-state index contributed by atoms with van der Waals surface area (Å²) in [6.45, 7) is -0.559. The maximum Gasteiger partial charge on any atom is 0.280 e. The van der Waals surface area contributed by atoms with E-state index >= 15 is 0 Å². The van der Waals surface area contributed by atoms with Crippen LogP contribution in [-0.2, 0) is 13.8 Å². The summed E-state index contributed by atoms with van der Waals surface area (Å²) in [7, 11) is -4.49. The van der Waals surface area contributed by atoms with Gasteiger partial charge in [0, 0.05) is 12.4 Å². The zero-order valence-corrected chi connectivity index (χ0v) is 14.9. The van der Waals surface area contributed by atoms with E-state index in [0.717, 1.165) is 10.7 Å². The van der Waals surface area contributed by atoms with Crippen LogP contribution >= 0.6 is 7.75 Å². The van der Waals surface area contributed by atoms with E-state index in [2.05, 4.69) is 19.9 Å². The van der Waals surface area contributed by atoms with Crippen molar-refractivity contribution >= 4 is 24.9 Å². The number of H-pyrrole nitrogens is 1. The van der Waals surface area contributed by atoms with E-state index in [1.165, 1.54) is 23.3 Å². The van der Waals surface area contributed by atoms with Gasteiger partial charge in [0.2, 0.25) is 13.7 Å². The van der Waals surface area contributed by atoms with Gasteiger partial charge in [0.25, 0.3) is 5.56 Å². The Bertz CT molecular complexity index is 1100. The summed E-state index contributed by atoms with van der Waals surface area (Å²) < 4.78 is 24.5. The van der Waals surface area contributed by atoms with Crippen LogP contribution in [-0.4, -0.2) is 64.0 Å². The second kappa shape index (κ2) is 6.77. The highest BCUT2D eigenvalue weighted by molar-refractivity contribution is 7.49. The number of aromatic nitrogens is 6. The fourth-order valence-electron chi connectivity index (χ4n) is 2.86. The van der Waals surface area contributed by atoms with Gasteiger partial charge in [-0.1, -0.05) is 0 Å². The van der Waals surface area contributed by atoms with Crippen LogP contribution in [0.4, 0.5) is 5.95 Å². The average Bonchev–Trinajstić information content (AvgIpc) is 3.35. The van der Waals surface area contributed by atoms with Crippen molar-refractivity contribution in [2.24, 2.45) is 0 Å². The third-order valence-corrected chi connectivity index (χ3v) is 5.51. The second-order valence-corrected chi connectivity index (χ2v) is 7.69. The molecule has 0 aromatic carbocycles. The molecule has 4 heterocycles. The highest BCUT2D eigenvalue weighted by atomic mass is 31.2. The van der Waals surface area contributed by atoms with Crippen LogP contribution < -0.4 is 16.2 Å². The Morgan fingerprint density at radius 3 is 2.89 bits per heavy atom. The number of nitrogens with two attached hydrogens (primary N) is 1. The molecule has 0 spiro atoms. The molecule has 5 unspecified atom stereocenters. The number of nitrogens with one attached hydrogen (secondary N) is 1. The molecular formula is C13H15N7O7P-. The molecule has 28 heavy (non-hydrogen) atoms. The van der Waals surface area contributed by atoms with Crippen LogP contribution in [0.1, 0.15) is 6.23 Å². The van der Waals surface area contributed by atoms with E-state index in [-0.39, 0.29) is 17.1 Å². The molecule has 150 valence electrons. The normalized spacial score (nSPS) is 27.2. The number of imidazole rings is 2. The fourth-order valence-corrected chi connectivity index (χ4v) is 3.73. The second-order valence-electron chi connectivity index (χ2n) is 6.03. The largest absolute Gasteiger partial charge is 0.761 e. The van der Waals surface area contributed by atoms with Crippen LogP contribution in [0.2, 0.25) is 0 Å². The molecule has 0 aliphatic carbocycles. The SMILES string of the molecule is Nc1nc2c(ncn2C2OC(COP(=O)([O-])n3ccnc3)C(O)C2O)c(=O)[nH]1. The van der Waals surface area contributed by atoms with Gasteiger partial charge in [0.1, 0.15) is 24.6 Å². The van der Waals surface area contributed by atoms with Crippen molar-refractivity contribution < 1.29 is 28.9 Å². The Morgan fingerprint density at radius 1 is 1.39 bits per heavy atom. The molecule has 14 nitrogen and oxygen atoms in total. The predicted molar refractivity (Wildman–Crippen MR) is 89.7 cm³/mol. The summed E-state index contributed by atoms with van der Waals surface area (Å²) in [6.07, 6.45) is -0.619. The molecule has 3 aromatic heterocycles. The third kappa shape index (κ3) is 3.11. The van der Waals surface area contributed by atoms with Gasteiger partial charge >= 0.3 is 0 Å². The van der Waals surface area contributed by atoms with Gasteiger partial charge in [-0.15, -0.1) is 0 Å². The number of fused-ring (bicyclic) bond motifs is 1. The number of rotatable bonds is 5. The van der Waals surface area contributed by atoms with Crippen molar-refractivity contribution in [1.82, 2.24) is 28.8 Å². The van der Waals surface area contributed by atoms with Gasteiger partial charge in [-0.3, -0.25) is 23.2 Å². The first-order valence-electron chi connectivity index (χ1n) is 7.96. The number of anilines is 1. The Morgan fingerprint density at radius 2 is 2.18 bits per heavy atom. The van der Waals surface area contributed by atoms with Gasteiger partial charge < -0.3 is 30.1 Å². The summed E-state index contributed by atoms with van der Waals surface area (Å²) in [4.78, 5) is 37.7. The summed E-state index contributed by atoms with van der Waals surface area (Å²) >= 11 is 0. The van der Waals surface area contributed by atoms with Gasteiger partial charge in [-0.05, 0) is 0 Å². The molecule has 5 atom stereocenters. The maximum atomic E-state index is 12.0. The van der Waals surface area contributed by atoms with Gasteiger partial charge in [0.05, 0.1) is 12.9 Å². The zero-order valence-electron chi connectivity index (χ0n) is 14.0. The standard InChI is InChI=1S/C13H16N7O7P/c14-13-17-10-7(11(23)18-13)16-5-20(10)12-9(22)8(21)6(27-12)3-26-28(24,25)19-2-1-15-4-19/h1-2,4-6,8-9,12,21-22H,3H2,(H,24,25)(H3,14,17,18,23)/p-1. The zero-order chi connectivity index (χ0) is 20.1. The summed E-state index contributed by atoms with van der Waals surface area (Å²) in [5.74, 6) is -0.167. The molecule has 1 saturated heterocycles. The fraction of sp³-hybridized carbons (Fsp3) is 0.385. The number of ether oxygens (including phenoxy) is 1. The van der Waals surface area contributed by atoms with Crippen molar-refractivity contribution in [3.05, 3.63) is 35.4 Å². The van der Waals surface area contributed by atoms with E-state index in [1.807, 2.05) is 0 Å². The highest BCUT2D eigenvalue weighted by Crippen LogP contribution is 2.40. The topological polar surface area (TPSA) is 206 Å². The molecule has 3 aromatic rings. The molecule has 1 fully saturated rings. The van der Waals surface area contributed by atoms with Crippen molar-refractivity contribution in [3.8, 4) is 0 Å². The quantitative estimate of drug-likeness (QED) is 0.323. The molecule has 0 bridgehead atoms. The Kier molecular flexibility index (Phi) is 4.53. The lowest BCUT2D eigenvalue weighted by atomic mass is 10.1. The third-order valence-electron chi connectivity index (χ3n) is 4.24. The monoisotopic (exact) mass is 412 g/mol. The van der Waals surface area contributed by atoms with Crippen LogP contribution in [0.25, 0.3) is 11.2 Å². The van der Waals surface area contributed by atoms with Gasteiger partial charge in [-0.25, -0.2) is 9.97 Å². The Hall–Kier alpha value is -2.61. The lowest BCUT2D eigenvalue weighted by Gasteiger charge is -2.25. The minimum atomic E-state index is -4.49. The lowest BCUT2D eigenvalue weighted by molar-refractivity contribution is -0.205. The number of nitrogens with zero attached hydrogens (tertiary/aromatic N) is 5. The van der Waals surface area contributed by atoms with E-state index < -0.39 is 44.5 Å². The number of hydrogen-bond donors (Lipinski definition) is 4. The molecule has 0 radical (unpaired) electrons. The average molecular weight is 412 g/mol. The summed E-state index contributed by atoms with van der Waals surface area (Å²) in [6, 6.07) is 0. The number of aliphatic hydroxyl groups excluding tert-OH is 2. The van der Waals surface area contributed by atoms with Crippen LogP contribution in [0.15, 0.2) is 29.8 Å². The first kappa shape index (κ1) is 18.7. The summed E-state index contributed by atoms with van der Waals surface area (Å²) in [5, 5.41) is 20.5. The maximum absolute atomic E-state index is 12.0. The molecule has 0 saturated carbocycles. The van der Waals surface area contributed by atoms with Crippen molar-refractivity contribution in [2.75, 3.05) is 12.3 Å². The predicted octanol–water partition coefficient (Wildman–Crippen LogP) is -2.45. The highest BCUT2D eigenvalue weighted by Gasteiger charge is 2.45. The summed E-state index contributed by atoms with van der Waals surface area (Å²) in [5.41, 5.74) is 4.94. The van der Waals surface area contributed by atoms with Crippen LogP contribution in [0.5, 0.6) is 0 Å². The minimum Gasteiger partial charge on any atom is -0.761 e. The van der Waals surface area contributed by atoms with Crippen molar-refractivity contribution in [2.45, 2.75) is 24.5 Å². The Labute approximate surface area is 155 Å². The number of aromatic amines is 1. The first-order chi connectivity index (χ1) is 13.3. The minimum absolute atomic E-state index is 0.0342. The van der Waals surface area contributed by atoms with Gasteiger partial charge in [-0.2, -0.15) is 4.98 Å². The van der Waals surface area contributed by atoms with Crippen LogP contribution in [0, 0.1) is 0 Å². The van der Waals surface area contributed by atoms with Crippen molar-refractivity contribution in [1.29, 1.82) is 0 Å². The molecule has 15 heteroatoms. The molecule has 4 rings (SSSR count). The number of hydrogen-bond acceptors (Lipinski definition) is 11. The molecule has 0 amide bonds. The smallest absolute Gasteiger partial charge is 0.280 e. The van der Waals surface area contributed by atoms with E-state index in [1.54, 1.807) is 0 Å². The molecule has 5 N–H and O–H groups in total. The lowest BCUT2D eigenvalue weighted by Crippen LogP contribution is -2.34. The molecule has 1 aliphatic rings. The molecular weight excluding hydrogens is 397 g/mol. The molecule has 1 aliphatic heterocycles.